The van der Waals surface area contributed by atoms with Crippen LogP contribution in [0.15, 0.2) is 61.2 Å². The van der Waals surface area contributed by atoms with Crippen LogP contribution in [-0.2, 0) is 5.54 Å². The summed E-state index contributed by atoms with van der Waals surface area (Å²) in [5.41, 5.74) is 4.73. The number of hydrogen-bond acceptors (Lipinski definition) is 7. The van der Waals surface area contributed by atoms with Gasteiger partial charge in [-0.25, -0.2) is 4.68 Å². The summed E-state index contributed by atoms with van der Waals surface area (Å²) < 4.78 is 2.08. The molecular formula is C32H31ClN8. The van der Waals surface area contributed by atoms with E-state index in [2.05, 4.69) is 80.8 Å². The Hall–Kier alpha value is -4.22. The van der Waals surface area contributed by atoms with Crippen molar-refractivity contribution >= 4 is 44.7 Å². The van der Waals surface area contributed by atoms with E-state index in [0.29, 0.717) is 22.6 Å². The van der Waals surface area contributed by atoms with Crippen LogP contribution < -0.4 is 10.6 Å². The SMILES string of the molecule is CC(C)(C)CNc1c(C#N)cnc2c(Cl)cc(NC(c3cn(C45CC(C4)C5)nn3)c3cccc4cnccc34)cc12. The molecule has 0 amide bonds. The molecule has 2 aromatic carbocycles. The van der Waals surface area contributed by atoms with Gasteiger partial charge in [-0.3, -0.25) is 9.97 Å². The zero-order chi connectivity index (χ0) is 28.4. The molecule has 3 saturated carbocycles. The highest BCUT2D eigenvalue weighted by Crippen LogP contribution is 2.62. The second kappa shape index (κ2) is 9.42. The molecule has 0 saturated heterocycles. The van der Waals surface area contributed by atoms with Crippen LogP contribution in [0.2, 0.25) is 5.02 Å². The molecule has 8 rings (SSSR count). The van der Waals surface area contributed by atoms with E-state index in [4.69, 9.17) is 11.6 Å². The molecule has 3 heterocycles. The number of pyridine rings is 2. The van der Waals surface area contributed by atoms with Crippen molar-refractivity contribution in [2.45, 2.75) is 51.6 Å². The van der Waals surface area contributed by atoms with Crippen LogP contribution in [0, 0.1) is 22.7 Å². The van der Waals surface area contributed by atoms with Crippen molar-refractivity contribution in [1.82, 2.24) is 25.0 Å². The van der Waals surface area contributed by atoms with Crippen LogP contribution in [0.4, 0.5) is 11.4 Å². The van der Waals surface area contributed by atoms with Crippen molar-refractivity contribution in [1.29, 1.82) is 5.26 Å². The van der Waals surface area contributed by atoms with Gasteiger partial charge in [0.25, 0.3) is 0 Å². The van der Waals surface area contributed by atoms with Gasteiger partial charge in [-0.05, 0) is 59.7 Å². The first kappa shape index (κ1) is 25.7. The molecule has 0 spiro atoms. The molecule has 3 aliphatic rings. The monoisotopic (exact) mass is 562 g/mol. The number of benzene rings is 2. The first-order valence-electron chi connectivity index (χ1n) is 14.0. The lowest BCUT2D eigenvalue weighted by Crippen LogP contribution is -2.59. The van der Waals surface area contributed by atoms with E-state index in [1.165, 1.54) is 19.3 Å². The second-order valence-corrected chi connectivity index (χ2v) is 13.1. The Kier molecular flexibility index (Phi) is 5.91. The molecule has 5 aromatic rings. The van der Waals surface area contributed by atoms with Crippen LogP contribution in [-0.4, -0.2) is 31.5 Å². The number of rotatable bonds is 7. The Morgan fingerprint density at radius 3 is 2.71 bits per heavy atom. The molecule has 1 atom stereocenters. The van der Waals surface area contributed by atoms with E-state index < -0.39 is 0 Å². The maximum absolute atomic E-state index is 9.88. The number of fused-ring (bicyclic) bond motifs is 2. The maximum atomic E-state index is 9.88. The van der Waals surface area contributed by atoms with Gasteiger partial charge in [0, 0.05) is 41.6 Å². The number of nitrogens with zero attached hydrogens (tertiary/aromatic N) is 6. The molecule has 41 heavy (non-hydrogen) atoms. The molecule has 0 radical (unpaired) electrons. The van der Waals surface area contributed by atoms with Crippen molar-refractivity contribution in [3.63, 3.8) is 0 Å². The van der Waals surface area contributed by atoms with Crippen LogP contribution >= 0.6 is 11.6 Å². The van der Waals surface area contributed by atoms with Gasteiger partial charge in [0.1, 0.15) is 11.8 Å². The van der Waals surface area contributed by atoms with Gasteiger partial charge >= 0.3 is 0 Å². The molecule has 206 valence electrons. The molecular weight excluding hydrogens is 532 g/mol. The number of aromatic nitrogens is 5. The molecule has 8 nitrogen and oxygen atoms in total. The third kappa shape index (κ3) is 4.45. The topological polar surface area (TPSA) is 104 Å². The van der Waals surface area contributed by atoms with Crippen LogP contribution in [0.5, 0.6) is 0 Å². The number of halogens is 1. The number of nitrogens with one attached hydrogen (secondary N) is 2. The average Bonchev–Trinajstić information content (AvgIpc) is 3.37. The zero-order valence-corrected chi connectivity index (χ0v) is 24.1. The molecule has 3 aliphatic carbocycles. The van der Waals surface area contributed by atoms with Gasteiger partial charge in [-0.2, -0.15) is 5.26 Å². The summed E-state index contributed by atoms with van der Waals surface area (Å²) in [6, 6.07) is 14.2. The highest BCUT2D eigenvalue weighted by molar-refractivity contribution is 6.35. The fourth-order valence-corrected chi connectivity index (χ4v) is 6.47. The van der Waals surface area contributed by atoms with Gasteiger partial charge in [0.05, 0.1) is 39.6 Å². The maximum Gasteiger partial charge on any atom is 0.110 e. The molecule has 2 N–H and O–H groups in total. The average molecular weight is 563 g/mol. The predicted octanol–water partition coefficient (Wildman–Crippen LogP) is 7.07. The molecule has 1 unspecified atom stereocenters. The molecule has 3 aromatic heterocycles. The third-order valence-corrected chi connectivity index (χ3v) is 8.76. The van der Waals surface area contributed by atoms with E-state index in [9.17, 15) is 5.26 Å². The second-order valence-electron chi connectivity index (χ2n) is 12.7. The van der Waals surface area contributed by atoms with E-state index in [-0.39, 0.29) is 17.0 Å². The minimum atomic E-state index is -0.297. The summed E-state index contributed by atoms with van der Waals surface area (Å²) >= 11 is 6.83. The van der Waals surface area contributed by atoms with Crippen LogP contribution in [0.1, 0.15) is 62.9 Å². The van der Waals surface area contributed by atoms with E-state index in [1.54, 1.807) is 6.20 Å². The number of hydrogen-bond donors (Lipinski definition) is 2. The van der Waals surface area contributed by atoms with Gasteiger partial charge in [0.2, 0.25) is 0 Å². The summed E-state index contributed by atoms with van der Waals surface area (Å²) in [7, 11) is 0. The predicted molar refractivity (Wildman–Crippen MR) is 162 cm³/mol. The van der Waals surface area contributed by atoms with Crippen LogP contribution in [0.25, 0.3) is 21.7 Å². The van der Waals surface area contributed by atoms with Gasteiger partial charge < -0.3 is 10.6 Å². The van der Waals surface area contributed by atoms with Gasteiger partial charge in [-0.15, -0.1) is 5.10 Å². The molecule has 3 fully saturated rings. The lowest BCUT2D eigenvalue weighted by Gasteiger charge is -2.61. The Bertz CT molecular complexity index is 1820. The van der Waals surface area contributed by atoms with E-state index >= 15 is 0 Å². The molecule has 2 bridgehead atoms. The summed E-state index contributed by atoms with van der Waals surface area (Å²) in [6.07, 6.45) is 10.9. The fourth-order valence-electron chi connectivity index (χ4n) is 6.20. The quantitative estimate of drug-likeness (QED) is 0.218. The van der Waals surface area contributed by atoms with Crippen molar-refractivity contribution in [3.05, 3.63) is 83.0 Å². The van der Waals surface area contributed by atoms with E-state index in [0.717, 1.165) is 44.7 Å². The lowest BCUT2D eigenvalue weighted by molar-refractivity contribution is -0.0989. The Labute approximate surface area is 243 Å². The normalized spacial score (nSPS) is 20.2. The molecule has 9 heteroatoms. The minimum Gasteiger partial charge on any atom is -0.383 e. The van der Waals surface area contributed by atoms with Crippen LogP contribution in [0.3, 0.4) is 0 Å². The first-order chi connectivity index (χ1) is 19.7. The minimum absolute atomic E-state index is 0.0164. The van der Waals surface area contributed by atoms with Crippen molar-refractivity contribution < 1.29 is 0 Å². The summed E-state index contributed by atoms with van der Waals surface area (Å²) in [4.78, 5) is 8.86. The summed E-state index contributed by atoms with van der Waals surface area (Å²) in [5.74, 6) is 0.842. The van der Waals surface area contributed by atoms with Gasteiger partial charge in [-0.1, -0.05) is 55.8 Å². The van der Waals surface area contributed by atoms with Crippen molar-refractivity contribution in [2.75, 3.05) is 17.2 Å². The standard InChI is InChI=1S/C32H31ClN8/c1-31(2,3)18-37-28-21(14-34)16-36-29-25(28)9-22(10-26(29)33)38-30(24-6-4-5-20-15-35-8-7-23(20)24)27-17-41(40-39-27)32-11-19(12-32)13-32/h4-10,15-17,19,30,38H,11-13,18H2,1-3H3,(H,36,37). The Balaban J connectivity index is 1.34. The van der Waals surface area contributed by atoms with Gasteiger partial charge in [0.15, 0.2) is 0 Å². The summed E-state index contributed by atoms with van der Waals surface area (Å²) in [6.45, 7) is 7.15. The molecule has 0 aliphatic heterocycles. The van der Waals surface area contributed by atoms with E-state index in [1.807, 2.05) is 36.7 Å². The lowest BCUT2D eigenvalue weighted by atomic mass is 9.50. The zero-order valence-electron chi connectivity index (χ0n) is 23.3. The van der Waals surface area contributed by atoms with Crippen molar-refractivity contribution in [3.8, 4) is 6.07 Å². The third-order valence-electron chi connectivity index (χ3n) is 8.48. The summed E-state index contributed by atoms with van der Waals surface area (Å²) in [5, 5.41) is 29.8. The fraction of sp³-hybridized carbons (Fsp3) is 0.344. The number of anilines is 2. The first-order valence-corrected chi connectivity index (χ1v) is 14.4. The smallest absolute Gasteiger partial charge is 0.110 e. The Morgan fingerprint density at radius 1 is 1.15 bits per heavy atom. The largest absolute Gasteiger partial charge is 0.383 e. The number of nitriles is 1. The highest BCUT2D eigenvalue weighted by Gasteiger charge is 2.58. The van der Waals surface area contributed by atoms with Crippen molar-refractivity contribution in [2.24, 2.45) is 11.3 Å². The Morgan fingerprint density at radius 2 is 1.98 bits per heavy atom. The highest BCUT2D eigenvalue weighted by atomic mass is 35.5.